The van der Waals surface area contributed by atoms with Crippen molar-refractivity contribution >= 4 is 23.2 Å². The van der Waals surface area contributed by atoms with Gasteiger partial charge < -0.3 is 10.6 Å². The molecule has 2 atom stereocenters. The van der Waals surface area contributed by atoms with Crippen LogP contribution >= 0.6 is 11.3 Å². The molecule has 4 nitrogen and oxygen atoms in total. The summed E-state index contributed by atoms with van der Waals surface area (Å²) in [4.78, 5) is 24.9. The van der Waals surface area contributed by atoms with E-state index in [9.17, 15) is 9.59 Å². The highest BCUT2D eigenvalue weighted by atomic mass is 32.1. The molecular weight excluding hydrogens is 284 g/mol. The Morgan fingerprint density at radius 1 is 1.48 bits per heavy atom. The van der Waals surface area contributed by atoms with E-state index in [2.05, 4.69) is 10.6 Å². The molecule has 0 bridgehead atoms. The van der Waals surface area contributed by atoms with E-state index in [4.69, 9.17) is 0 Å². The summed E-state index contributed by atoms with van der Waals surface area (Å²) in [6, 6.07) is 3.31. The SMILES string of the molecule is CC1=CC=C[C@@H](NC(=O)[C@H](C)NC(=O)Cc2cccs2)C1. The molecule has 1 aliphatic carbocycles. The number of carbonyl (C=O) groups excluding carboxylic acids is 2. The van der Waals surface area contributed by atoms with Crippen LogP contribution in [0, 0.1) is 0 Å². The molecule has 0 aliphatic heterocycles. The van der Waals surface area contributed by atoms with Crippen molar-refractivity contribution in [1.29, 1.82) is 0 Å². The molecule has 0 aromatic carbocycles. The third-order valence-electron chi connectivity index (χ3n) is 3.28. The summed E-state index contributed by atoms with van der Waals surface area (Å²) < 4.78 is 0. The standard InChI is InChI=1S/C16H20N2O2S/c1-11-5-3-6-13(9-11)18-16(20)12(2)17-15(19)10-14-7-4-8-21-14/h3-8,12-13H,9-10H2,1-2H3,(H,17,19)(H,18,20)/t12-,13+/m0/s1. The van der Waals surface area contributed by atoms with Crippen LogP contribution in [0.4, 0.5) is 0 Å². The minimum absolute atomic E-state index is 0.0131. The largest absolute Gasteiger partial charge is 0.348 e. The van der Waals surface area contributed by atoms with E-state index in [0.717, 1.165) is 11.3 Å². The van der Waals surface area contributed by atoms with Crippen molar-refractivity contribution < 1.29 is 9.59 Å². The molecule has 1 aromatic rings. The lowest BCUT2D eigenvalue weighted by Gasteiger charge is -2.21. The van der Waals surface area contributed by atoms with E-state index in [-0.39, 0.29) is 17.9 Å². The monoisotopic (exact) mass is 304 g/mol. The van der Waals surface area contributed by atoms with Crippen molar-refractivity contribution in [2.75, 3.05) is 0 Å². The van der Waals surface area contributed by atoms with Gasteiger partial charge in [0.1, 0.15) is 6.04 Å². The molecule has 0 unspecified atom stereocenters. The number of thiophene rings is 1. The second kappa shape index (κ2) is 7.22. The molecule has 112 valence electrons. The number of hydrogen-bond donors (Lipinski definition) is 2. The molecule has 2 amide bonds. The Kier molecular flexibility index (Phi) is 5.33. The Morgan fingerprint density at radius 2 is 2.29 bits per heavy atom. The van der Waals surface area contributed by atoms with Gasteiger partial charge in [0.15, 0.2) is 0 Å². The molecule has 21 heavy (non-hydrogen) atoms. The zero-order chi connectivity index (χ0) is 15.2. The van der Waals surface area contributed by atoms with Crippen LogP contribution in [0.1, 0.15) is 25.1 Å². The molecule has 0 saturated carbocycles. The van der Waals surface area contributed by atoms with Crippen LogP contribution in [0.25, 0.3) is 0 Å². The molecule has 0 fully saturated rings. The minimum Gasteiger partial charge on any atom is -0.348 e. The highest BCUT2D eigenvalue weighted by Gasteiger charge is 2.19. The number of carbonyl (C=O) groups is 2. The Bertz CT molecular complexity index is 561. The summed E-state index contributed by atoms with van der Waals surface area (Å²) in [5.74, 6) is -0.283. The van der Waals surface area contributed by atoms with E-state index < -0.39 is 6.04 Å². The number of hydrogen-bond acceptors (Lipinski definition) is 3. The molecule has 1 aromatic heterocycles. The average molecular weight is 304 g/mol. The Balaban J connectivity index is 1.78. The Hall–Kier alpha value is -1.88. The normalized spacial score (nSPS) is 18.8. The zero-order valence-electron chi connectivity index (χ0n) is 12.3. The molecular formula is C16H20N2O2S. The highest BCUT2D eigenvalue weighted by molar-refractivity contribution is 7.10. The van der Waals surface area contributed by atoms with Gasteiger partial charge in [0, 0.05) is 4.88 Å². The van der Waals surface area contributed by atoms with Gasteiger partial charge >= 0.3 is 0 Å². The molecule has 0 spiro atoms. The number of allylic oxidation sites excluding steroid dienone is 2. The van der Waals surface area contributed by atoms with Gasteiger partial charge in [0.05, 0.1) is 12.5 Å². The van der Waals surface area contributed by atoms with Gasteiger partial charge in [-0.3, -0.25) is 9.59 Å². The first-order chi connectivity index (χ1) is 10.0. The zero-order valence-corrected chi connectivity index (χ0v) is 13.1. The lowest BCUT2D eigenvalue weighted by molar-refractivity contribution is -0.128. The Labute approximate surface area is 128 Å². The van der Waals surface area contributed by atoms with Crippen LogP contribution in [0.15, 0.2) is 41.3 Å². The summed E-state index contributed by atoms with van der Waals surface area (Å²) in [6.07, 6.45) is 7.09. The average Bonchev–Trinajstić information content (AvgIpc) is 2.91. The molecule has 0 saturated heterocycles. The van der Waals surface area contributed by atoms with Crippen molar-refractivity contribution in [3.8, 4) is 0 Å². The Morgan fingerprint density at radius 3 is 2.95 bits per heavy atom. The highest BCUT2D eigenvalue weighted by Crippen LogP contribution is 2.12. The maximum absolute atomic E-state index is 12.1. The van der Waals surface area contributed by atoms with Gasteiger partial charge in [-0.25, -0.2) is 0 Å². The lowest BCUT2D eigenvalue weighted by Crippen LogP contribution is -2.48. The third-order valence-corrected chi connectivity index (χ3v) is 4.16. The van der Waals surface area contributed by atoms with Crippen LogP contribution in [-0.4, -0.2) is 23.9 Å². The molecule has 2 rings (SSSR count). The first-order valence-electron chi connectivity index (χ1n) is 7.00. The van der Waals surface area contributed by atoms with Gasteiger partial charge in [-0.1, -0.05) is 29.9 Å². The fourth-order valence-corrected chi connectivity index (χ4v) is 2.88. The predicted octanol–water partition coefficient (Wildman–Crippen LogP) is 2.19. The second-order valence-corrected chi connectivity index (χ2v) is 6.29. The first-order valence-corrected chi connectivity index (χ1v) is 7.88. The molecule has 1 aliphatic rings. The van der Waals surface area contributed by atoms with Crippen molar-refractivity contribution in [2.45, 2.75) is 38.8 Å². The van der Waals surface area contributed by atoms with Crippen molar-refractivity contribution in [2.24, 2.45) is 0 Å². The lowest BCUT2D eigenvalue weighted by atomic mass is 10.0. The van der Waals surface area contributed by atoms with Crippen LogP contribution in [0.2, 0.25) is 0 Å². The summed E-state index contributed by atoms with van der Waals surface area (Å²) in [5.41, 5.74) is 1.23. The third kappa shape index (κ3) is 4.86. The predicted molar refractivity (Wildman–Crippen MR) is 85.1 cm³/mol. The second-order valence-electron chi connectivity index (χ2n) is 5.26. The quantitative estimate of drug-likeness (QED) is 0.876. The molecule has 0 radical (unpaired) electrons. The molecule has 5 heteroatoms. The van der Waals surface area contributed by atoms with Crippen molar-refractivity contribution in [1.82, 2.24) is 10.6 Å². The number of nitrogens with one attached hydrogen (secondary N) is 2. The fraction of sp³-hybridized carbons (Fsp3) is 0.375. The van der Waals surface area contributed by atoms with Crippen molar-refractivity contribution in [3.05, 3.63) is 46.2 Å². The summed E-state index contributed by atoms with van der Waals surface area (Å²) in [6.45, 7) is 3.74. The van der Waals surface area contributed by atoms with E-state index in [1.807, 2.05) is 42.7 Å². The topological polar surface area (TPSA) is 58.2 Å². The summed E-state index contributed by atoms with van der Waals surface area (Å²) in [5, 5.41) is 7.60. The van der Waals surface area contributed by atoms with Crippen LogP contribution in [-0.2, 0) is 16.0 Å². The van der Waals surface area contributed by atoms with Crippen LogP contribution in [0.5, 0.6) is 0 Å². The smallest absolute Gasteiger partial charge is 0.242 e. The van der Waals surface area contributed by atoms with Gasteiger partial charge in [-0.2, -0.15) is 0 Å². The maximum atomic E-state index is 12.1. The summed E-state index contributed by atoms with van der Waals surface area (Å²) >= 11 is 1.54. The minimum atomic E-state index is -0.530. The summed E-state index contributed by atoms with van der Waals surface area (Å²) in [7, 11) is 0. The van der Waals surface area contributed by atoms with Gasteiger partial charge in [-0.05, 0) is 31.7 Å². The van der Waals surface area contributed by atoms with Gasteiger partial charge in [0.25, 0.3) is 0 Å². The van der Waals surface area contributed by atoms with Crippen LogP contribution < -0.4 is 10.6 Å². The maximum Gasteiger partial charge on any atom is 0.242 e. The first kappa shape index (κ1) is 15.5. The van der Waals surface area contributed by atoms with Gasteiger partial charge in [0.2, 0.25) is 11.8 Å². The van der Waals surface area contributed by atoms with Gasteiger partial charge in [-0.15, -0.1) is 11.3 Å². The molecule has 2 N–H and O–H groups in total. The van der Waals surface area contributed by atoms with E-state index in [1.165, 1.54) is 16.9 Å². The fourth-order valence-electron chi connectivity index (χ4n) is 2.17. The van der Waals surface area contributed by atoms with E-state index >= 15 is 0 Å². The van der Waals surface area contributed by atoms with E-state index in [0.29, 0.717) is 6.42 Å². The van der Waals surface area contributed by atoms with Crippen LogP contribution in [0.3, 0.4) is 0 Å². The number of amides is 2. The van der Waals surface area contributed by atoms with Crippen molar-refractivity contribution in [3.63, 3.8) is 0 Å². The number of rotatable bonds is 5. The molecule has 1 heterocycles. The van der Waals surface area contributed by atoms with E-state index in [1.54, 1.807) is 6.92 Å².